The molecule has 0 aliphatic heterocycles. The van der Waals surface area contributed by atoms with Crippen molar-refractivity contribution in [2.75, 3.05) is 0 Å². The first-order chi connectivity index (χ1) is 6.77. The number of hydrogen-bond acceptors (Lipinski definition) is 4. The van der Waals surface area contributed by atoms with Crippen LogP contribution in [0, 0.1) is 0 Å². The summed E-state index contributed by atoms with van der Waals surface area (Å²) in [4.78, 5) is 44.7. The Bertz CT molecular complexity index is 251. The van der Waals surface area contributed by atoms with Crippen molar-refractivity contribution in [2.24, 2.45) is 0 Å². The molecule has 5 heteroatoms. The summed E-state index contributed by atoms with van der Waals surface area (Å²) in [6.45, 7) is 5.39. The van der Waals surface area contributed by atoms with Gasteiger partial charge < -0.3 is 0 Å². The molecule has 0 atom stereocenters. The van der Waals surface area contributed by atoms with Crippen LogP contribution in [0.2, 0.25) is 7.35 Å². The van der Waals surface area contributed by atoms with Gasteiger partial charge in [-0.1, -0.05) is 0 Å². The number of rotatable bonds is 6. The van der Waals surface area contributed by atoms with Crippen LogP contribution in [0.5, 0.6) is 0 Å². The topological polar surface area (TPSA) is 68.3 Å². The van der Waals surface area contributed by atoms with Crippen LogP contribution in [0.15, 0.2) is 0 Å². The minimum absolute atomic E-state index is 0.203. The molecule has 0 saturated carbocycles. The molecule has 0 amide bonds. The molecular formula is C10H15InO4. The van der Waals surface area contributed by atoms with Gasteiger partial charge in [0.2, 0.25) is 0 Å². The third-order valence-electron chi connectivity index (χ3n) is 2.43. The number of hydrogen-bond donors (Lipinski definition) is 0. The normalized spacial score (nSPS) is 10.3. The molecule has 4 nitrogen and oxygen atoms in total. The zero-order chi connectivity index (χ0) is 12.2. The van der Waals surface area contributed by atoms with Crippen molar-refractivity contribution in [3.05, 3.63) is 0 Å². The van der Waals surface area contributed by atoms with Crippen LogP contribution in [0.25, 0.3) is 0 Å². The van der Waals surface area contributed by atoms with E-state index in [1.54, 1.807) is 0 Å². The van der Waals surface area contributed by atoms with E-state index < -0.39 is 30.3 Å². The Morgan fingerprint density at radius 2 is 0.867 bits per heavy atom. The average Bonchev–Trinajstić information content (AvgIpc) is 2.01. The van der Waals surface area contributed by atoms with Crippen molar-refractivity contribution in [3.63, 3.8) is 0 Å². The number of carbonyl (C=O) groups is 4. The predicted octanol–water partition coefficient (Wildman–Crippen LogP) is 0.356. The molecule has 0 N–H and O–H groups in total. The van der Waals surface area contributed by atoms with Gasteiger partial charge in [0, 0.05) is 0 Å². The van der Waals surface area contributed by atoms with Crippen molar-refractivity contribution in [1.29, 1.82) is 0 Å². The van der Waals surface area contributed by atoms with E-state index in [0.29, 0.717) is 0 Å². The van der Waals surface area contributed by atoms with Gasteiger partial charge in [0.05, 0.1) is 0 Å². The van der Waals surface area contributed by atoms with E-state index in [4.69, 9.17) is 0 Å². The molecular weight excluding hydrogens is 299 g/mol. The van der Waals surface area contributed by atoms with Crippen molar-refractivity contribution >= 4 is 46.0 Å². The van der Waals surface area contributed by atoms with Crippen LogP contribution in [0.4, 0.5) is 0 Å². The maximum atomic E-state index is 11.2. The fraction of sp³-hybridized carbons (Fsp3) is 0.600. The summed E-state index contributed by atoms with van der Waals surface area (Å²) in [7, 11) is 0. The van der Waals surface area contributed by atoms with Crippen LogP contribution in [-0.2, 0) is 19.2 Å². The van der Waals surface area contributed by atoms with Crippen molar-refractivity contribution in [3.8, 4) is 0 Å². The van der Waals surface area contributed by atoms with E-state index in [0.717, 1.165) is 0 Å². The first-order valence-corrected chi connectivity index (χ1v) is 9.45. The number of Topliss-reactive ketones (excluding diaryl/α,β-unsaturated/α-hetero) is 4. The summed E-state index contributed by atoms with van der Waals surface area (Å²) < 4.78 is -1.24. The van der Waals surface area contributed by atoms with Gasteiger partial charge in [0.1, 0.15) is 0 Å². The standard InChI is InChI=1S/2C5H7O2.In.H/c2*1-4(6)3-5(2)7;;/h2*3H,1-2H3;;. The van der Waals surface area contributed by atoms with Gasteiger partial charge in [-0.15, -0.1) is 0 Å². The van der Waals surface area contributed by atoms with Crippen LogP contribution in [0.3, 0.4) is 0 Å². The molecule has 0 aromatic heterocycles. The van der Waals surface area contributed by atoms with Crippen LogP contribution < -0.4 is 0 Å². The summed E-state index contributed by atoms with van der Waals surface area (Å²) in [5, 5.41) is 0. The fourth-order valence-electron chi connectivity index (χ4n) is 1.47. The van der Waals surface area contributed by atoms with Gasteiger partial charge in [-0.3, -0.25) is 0 Å². The van der Waals surface area contributed by atoms with E-state index in [1.165, 1.54) is 27.7 Å². The SMILES string of the molecule is CC(=O)[CH]([InH][CH](C(C)=O)C(C)=O)C(C)=O. The Hall–Kier alpha value is -0.450. The van der Waals surface area contributed by atoms with Crippen LogP contribution in [0.1, 0.15) is 27.7 Å². The van der Waals surface area contributed by atoms with Gasteiger partial charge >= 0.3 is 100 Å². The van der Waals surface area contributed by atoms with Gasteiger partial charge in [-0.2, -0.15) is 0 Å². The Morgan fingerprint density at radius 3 is 1.00 bits per heavy atom. The van der Waals surface area contributed by atoms with Crippen LogP contribution in [-0.4, -0.2) is 46.0 Å². The second-order valence-electron chi connectivity index (χ2n) is 3.78. The zero-order valence-corrected chi connectivity index (χ0v) is 13.5. The van der Waals surface area contributed by atoms with E-state index in [-0.39, 0.29) is 23.1 Å². The Morgan fingerprint density at radius 1 is 0.667 bits per heavy atom. The molecule has 0 rings (SSSR count). The third-order valence-corrected chi connectivity index (χ3v) is 11.7. The molecule has 0 heterocycles. The molecule has 0 aromatic rings. The fourth-order valence-corrected chi connectivity index (χ4v) is 6.61. The Kier molecular flexibility index (Phi) is 6.02. The molecule has 0 saturated heterocycles. The first-order valence-electron chi connectivity index (χ1n) is 4.79. The van der Waals surface area contributed by atoms with Crippen LogP contribution >= 0.6 is 0 Å². The van der Waals surface area contributed by atoms with Gasteiger partial charge in [0.15, 0.2) is 0 Å². The number of carbonyl (C=O) groups excluding carboxylic acids is 4. The summed E-state index contributed by atoms with van der Waals surface area (Å²) in [6, 6.07) is 0. The van der Waals surface area contributed by atoms with Gasteiger partial charge in [0.25, 0.3) is 0 Å². The summed E-state index contributed by atoms with van der Waals surface area (Å²) in [6.07, 6.45) is 0. The van der Waals surface area contributed by atoms with Crippen molar-refractivity contribution in [2.45, 2.75) is 35.0 Å². The number of ketones is 4. The molecule has 0 aromatic carbocycles. The molecule has 0 unspecified atom stereocenters. The second-order valence-corrected chi connectivity index (χ2v) is 9.79. The second kappa shape index (κ2) is 6.20. The molecule has 0 aliphatic carbocycles. The quantitative estimate of drug-likeness (QED) is 0.664. The first kappa shape index (κ1) is 14.6. The van der Waals surface area contributed by atoms with E-state index in [9.17, 15) is 19.2 Å². The minimum atomic E-state index is -2.04. The van der Waals surface area contributed by atoms with E-state index in [2.05, 4.69) is 0 Å². The third kappa shape index (κ3) is 4.73. The van der Waals surface area contributed by atoms with Crippen molar-refractivity contribution in [1.82, 2.24) is 0 Å². The molecule has 0 bridgehead atoms. The monoisotopic (exact) mass is 314 g/mol. The van der Waals surface area contributed by atoms with E-state index >= 15 is 0 Å². The van der Waals surface area contributed by atoms with Gasteiger partial charge in [-0.25, -0.2) is 0 Å². The summed E-state index contributed by atoms with van der Waals surface area (Å²) in [5.41, 5.74) is 0. The molecule has 15 heavy (non-hydrogen) atoms. The average molecular weight is 314 g/mol. The Labute approximate surface area is 100 Å². The molecule has 0 fully saturated rings. The van der Waals surface area contributed by atoms with E-state index in [1.807, 2.05) is 0 Å². The zero-order valence-electron chi connectivity index (χ0n) is 9.49. The summed E-state index contributed by atoms with van der Waals surface area (Å²) >= 11 is -2.04. The molecule has 0 aliphatic rings. The maximum absolute atomic E-state index is 11.2. The molecule has 0 radical (unpaired) electrons. The summed E-state index contributed by atoms with van der Waals surface area (Å²) in [5.74, 6) is -0.812. The van der Waals surface area contributed by atoms with Crippen molar-refractivity contribution < 1.29 is 19.2 Å². The van der Waals surface area contributed by atoms with Gasteiger partial charge in [-0.05, 0) is 0 Å². The molecule has 0 spiro atoms. The predicted molar refractivity (Wildman–Crippen MR) is 57.4 cm³/mol. The Balaban J connectivity index is 4.77. The molecule has 82 valence electrons.